The van der Waals surface area contributed by atoms with E-state index in [1.54, 1.807) is 23.5 Å². The molecule has 0 saturated carbocycles. The maximum absolute atomic E-state index is 14.3. The van der Waals surface area contributed by atoms with Crippen LogP contribution in [0.5, 0.6) is 0 Å². The van der Waals surface area contributed by atoms with Crippen molar-refractivity contribution >= 4 is 42.5 Å². The van der Waals surface area contributed by atoms with E-state index in [9.17, 15) is 4.39 Å². The standard InChI is InChI=1S/C41H31FN2S/c1-41(2,3)28-23-33(26-13-6-4-7-14-26)38(34(24-28)27-15-8-5-9-16-27)44-36-20-11-10-19-35(36)43-40(44)32-18-12-17-31-30-22-21-29(42)25-37(30)45-39(31)32/h4-25H,1-3H3. The molecule has 8 aromatic rings. The van der Waals surface area contributed by atoms with Gasteiger partial charge in [-0.25, -0.2) is 9.37 Å². The van der Waals surface area contributed by atoms with Crippen LogP contribution in [0.1, 0.15) is 26.3 Å². The Morgan fingerprint density at radius 3 is 1.93 bits per heavy atom. The Morgan fingerprint density at radius 1 is 0.622 bits per heavy atom. The average Bonchev–Trinajstić information content (AvgIpc) is 3.62. The number of para-hydroxylation sites is 2. The van der Waals surface area contributed by atoms with Gasteiger partial charge in [-0.1, -0.05) is 112 Å². The van der Waals surface area contributed by atoms with Gasteiger partial charge in [0.2, 0.25) is 0 Å². The van der Waals surface area contributed by atoms with Crippen LogP contribution in [0.25, 0.3) is 70.5 Å². The number of benzene rings is 6. The van der Waals surface area contributed by atoms with Gasteiger partial charge in [-0.05, 0) is 64.6 Å². The topological polar surface area (TPSA) is 17.8 Å². The molecule has 0 aliphatic rings. The Bertz CT molecular complexity index is 2300. The van der Waals surface area contributed by atoms with E-state index in [-0.39, 0.29) is 11.2 Å². The van der Waals surface area contributed by atoms with Crippen molar-refractivity contribution in [2.24, 2.45) is 0 Å². The largest absolute Gasteiger partial charge is 0.291 e. The lowest BCUT2D eigenvalue weighted by atomic mass is 9.82. The highest BCUT2D eigenvalue weighted by Crippen LogP contribution is 2.45. The minimum atomic E-state index is -0.221. The van der Waals surface area contributed by atoms with Gasteiger partial charge in [0.15, 0.2) is 0 Å². The molecule has 8 rings (SSSR count). The summed E-state index contributed by atoms with van der Waals surface area (Å²) in [5.74, 6) is 0.647. The zero-order chi connectivity index (χ0) is 30.7. The molecule has 2 aromatic heterocycles. The van der Waals surface area contributed by atoms with Gasteiger partial charge in [0, 0.05) is 36.9 Å². The number of hydrogen-bond acceptors (Lipinski definition) is 2. The summed E-state index contributed by atoms with van der Waals surface area (Å²) in [6.45, 7) is 6.82. The summed E-state index contributed by atoms with van der Waals surface area (Å²) in [4.78, 5) is 5.33. The van der Waals surface area contributed by atoms with Crippen molar-refractivity contribution in [2.75, 3.05) is 0 Å². The molecular weight excluding hydrogens is 572 g/mol. The molecule has 0 unspecified atom stereocenters. The van der Waals surface area contributed by atoms with Crippen molar-refractivity contribution in [3.8, 4) is 39.3 Å². The summed E-state index contributed by atoms with van der Waals surface area (Å²) >= 11 is 1.62. The van der Waals surface area contributed by atoms with E-state index in [4.69, 9.17) is 4.98 Å². The maximum Gasteiger partial charge on any atom is 0.147 e. The molecule has 218 valence electrons. The number of thiophene rings is 1. The monoisotopic (exact) mass is 602 g/mol. The van der Waals surface area contributed by atoms with Crippen LogP contribution in [-0.4, -0.2) is 9.55 Å². The molecule has 0 aliphatic carbocycles. The Kier molecular flexibility index (Phi) is 6.44. The molecule has 2 heterocycles. The number of halogens is 1. The lowest BCUT2D eigenvalue weighted by molar-refractivity contribution is 0.590. The third-order valence-electron chi connectivity index (χ3n) is 8.63. The van der Waals surface area contributed by atoms with Gasteiger partial charge in [-0.15, -0.1) is 11.3 Å². The van der Waals surface area contributed by atoms with Gasteiger partial charge in [-0.2, -0.15) is 0 Å². The first-order valence-electron chi connectivity index (χ1n) is 15.3. The van der Waals surface area contributed by atoms with E-state index in [0.29, 0.717) is 0 Å². The minimum Gasteiger partial charge on any atom is -0.291 e. The summed E-state index contributed by atoms with van der Waals surface area (Å²) in [6.07, 6.45) is 0. The molecule has 0 saturated heterocycles. The van der Waals surface area contributed by atoms with Crippen molar-refractivity contribution in [1.29, 1.82) is 0 Å². The van der Waals surface area contributed by atoms with Gasteiger partial charge >= 0.3 is 0 Å². The number of imidazole rings is 1. The number of nitrogens with zero attached hydrogens (tertiary/aromatic N) is 2. The zero-order valence-electron chi connectivity index (χ0n) is 25.4. The third-order valence-corrected chi connectivity index (χ3v) is 9.83. The highest BCUT2D eigenvalue weighted by molar-refractivity contribution is 7.26. The molecule has 0 atom stereocenters. The van der Waals surface area contributed by atoms with Crippen LogP contribution in [0.4, 0.5) is 4.39 Å². The molecule has 45 heavy (non-hydrogen) atoms. The molecule has 0 bridgehead atoms. The van der Waals surface area contributed by atoms with Crippen LogP contribution >= 0.6 is 11.3 Å². The Labute approximate surface area is 266 Å². The Hall–Kier alpha value is -5.06. The van der Waals surface area contributed by atoms with Gasteiger partial charge in [0.25, 0.3) is 0 Å². The van der Waals surface area contributed by atoms with Gasteiger partial charge in [0.1, 0.15) is 11.6 Å². The predicted octanol–water partition coefficient (Wildman–Crippen LogP) is 11.8. The smallest absolute Gasteiger partial charge is 0.147 e. The van der Waals surface area contributed by atoms with Crippen molar-refractivity contribution in [3.63, 3.8) is 0 Å². The van der Waals surface area contributed by atoms with Crippen molar-refractivity contribution in [3.05, 3.63) is 145 Å². The summed E-state index contributed by atoms with van der Waals surface area (Å²) in [5, 5.41) is 2.17. The summed E-state index contributed by atoms with van der Waals surface area (Å²) < 4.78 is 18.7. The van der Waals surface area contributed by atoms with Crippen molar-refractivity contribution in [1.82, 2.24) is 9.55 Å². The molecule has 2 nitrogen and oxygen atoms in total. The second-order valence-corrected chi connectivity index (χ2v) is 13.6. The lowest BCUT2D eigenvalue weighted by Crippen LogP contribution is -2.13. The number of hydrogen-bond donors (Lipinski definition) is 0. The van der Waals surface area contributed by atoms with E-state index in [0.717, 1.165) is 70.5 Å². The molecule has 6 aromatic carbocycles. The van der Waals surface area contributed by atoms with E-state index >= 15 is 0 Å². The second-order valence-electron chi connectivity index (χ2n) is 12.6. The molecule has 0 N–H and O–H groups in total. The molecule has 0 aliphatic heterocycles. The number of fused-ring (bicyclic) bond motifs is 4. The van der Waals surface area contributed by atoms with Crippen molar-refractivity contribution in [2.45, 2.75) is 26.2 Å². The first kappa shape index (κ1) is 27.5. The van der Waals surface area contributed by atoms with Crippen LogP contribution in [0.3, 0.4) is 0 Å². The molecule has 0 spiro atoms. The van der Waals surface area contributed by atoms with Crippen molar-refractivity contribution < 1.29 is 4.39 Å². The molecule has 0 radical (unpaired) electrons. The van der Waals surface area contributed by atoms with Crippen LogP contribution in [0.15, 0.2) is 133 Å². The Morgan fingerprint density at radius 2 is 1.27 bits per heavy atom. The minimum absolute atomic E-state index is 0.0661. The van der Waals surface area contributed by atoms with Crippen LogP contribution < -0.4 is 0 Å². The second kappa shape index (κ2) is 10.5. The van der Waals surface area contributed by atoms with E-state index < -0.39 is 0 Å². The normalized spacial score (nSPS) is 12.0. The van der Waals surface area contributed by atoms with Gasteiger partial charge < -0.3 is 0 Å². The zero-order valence-corrected chi connectivity index (χ0v) is 26.2. The highest BCUT2D eigenvalue weighted by atomic mass is 32.1. The van der Waals surface area contributed by atoms with Crippen LogP contribution in [0.2, 0.25) is 0 Å². The fourth-order valence-corrected chi connectivity index (χ4v) is 7.60. The summed E-state index contributed by atoms with van der Waals surface area (Å²) in [5.41, 5.74) is 9.88. The molecule has 4 heteroatoms. The number of aromatic nitrogens is 2. The van der Waals surface area contributed by atoms with Gasteiger partial charge in [-0.3, -0.25) is 4.57 Å². The maximum atomic E-state index is 14.3. The lowest BCUT2D eigenvalue weighted by Gasteiger charge is -2.26. The fraction of sp³-hybridized carbons (Fsp3) is 0.0976. The third kappa shape index (κ3) is 4.65. The Balaban J connectivity index is 1.54. The summed E-state index contributed by atoms with van der Waals surface area (Å²) in [6, 6.07) is 45.9. The highest BCUT2D eigenvalue weighted by Gasteiger charge is 2.26. The molecular formula is C41H31FN2S. The first-order chi connectivity index (χ1) is 21.9. The van der Waals surface area contributed by atoms with E-state index in [1.165, 1.54) is 5.56 Å². The predicted molar refractivity (Wildman–Crippen MR) is 189 cm³/mol. The molecule has 0 amide bonds. The average molecular weight is 603 g/mol. The van der Waals surface area contributed by atoms with Crippen LogP contribution in [-0.2, 0) is 5.41 Å². The SMILES string of the molecule is CC(C)(C)c1cc(-c2ccccc2)c(-n2c(-c3cccc4c3sc3cc(F)ccc34)nc3ccccc32)c(-c2ccccc2)c1. The quantitative estimate of drug-likeness (QED) is 0.196. The van der Waals surface area contributed by atoms with Crippen LogP contribution in [0, 0.1) is 5.82 Å². The summed E-state index contributed by atoms with van der Waals surface area (Å²) in [7, 11) is 0. The first-order valence-corrected chi connectivity index (χ1v) is 16.1. The fourth-order valence-electron chi connectivity index (χ4n) is 6.37. The molecule has 0 fully saturated rings. The van der Waals surface area contributed by atoms with E-state index in [1.807, 2.05) is 12.1 Å². The number of rotatable bonds is 4. The van der Waals surface area contributed by atoms with E-state index in [2.05, 4.69) is 135 Å². The van der Waals surface area contributed by atoms with Gasteiger partial charge in [0.05, 0.1) is 16.7 Å².